The summed E-state index contributed by atoms with van der Waals surface area (Å²) in [6, 6.07) is 37.3. The van der Waals surface area contributed by atoms with Crippen LogP contribution in [-0.4, -0.2) is 22.2 Å². The van der Waals surface area contributed by atoms with Gasteiger partial charge in [0.2, 0.25) is 0 Å². The second kappa shape index (κ2) is 8.56. The lowest BCUT2D eigenvalue weighted by atomic mass is 9.67. The average Bonchev–Trinajstić information content (AvgIpc) is 2.93. The summed E-state index contributed by atoms with van der Waals surface area (Å²) in [7, 11) is 2.16. The first-order valence-corrected chi connectivity index (χ1v) is 11.4. The Balaban J connectivity index is 1.73. The highest BCUT2D eigenvalue weighted by molar-refractivity contribution is 6.59. The molecule has 0 aliphatic carbocycles. The highest BCUT2D eigenvalue weighted by Crippen LogP contribution is 2.33. The standard InChI is InChI=1S/C30H21BN3/c1-31-27-25-19-11-9-17-23(25)22-16-8-10-18-24(22)26(27)30-33-28(20-12-4-2-5-13-20)32-29(34-30)21-14-6-3-7-15-21/h2-19H,1H3. The maximum atomic E-state index is 5.02. The summed E-state index contributed by atoms with van der Waals surface area (Å²) in [6.07, 6.45) is 0. The van der Waals surface area contributed by atoms with Crippen molar-refractivity contribution in [3.63, 3.8) is 0 Å². The second-order valence-electron chi connectivity index (χ2n) is 8.21. The molecule has 1 aromatic heterocycles. The fourth-order valence-corrected chi connectivity index (χ4v) is 4.63. The Morgan fingerprint density at radius 3 is 1.38 bits per heavy atom. The van der Waals surface area contributed by atoms with Crippen molar-refractivity contribution in [1.29, 1.82) is 0 Å². The van der Waals surface area contributed by atoms with Gasteiger partial charge >= 0.3 is 0 Å². The predicted octanol–water partition coefficient (Wildman–Crippen LogP) is 6.56. The molecule has 0 atom stereocenters. The summed E-state index contributed by atoms with van der Waals surface area (Å²) >= 11 is 0. The molecule has 4 heteroatoms. The van der Waals surface area contributed by atoms with Crippen LogP contribution in [0, 0.1) is 0 Å². The van der Waals surface area contributed by atoms with Crippen LogP contribution >= 0.6 is 0 Å². The van der Waals surface area contributed by atoms with E-state index in [-0.39, 0.29) is 0 Å². The normalized spacial score (nSPS) is 11.1. The maximum Gasteiger partial charge on any atom is 0.164 e. The van der Waals surface area contributed by atoms with Gasteiger partial charge in [-0.2, -0.15) is 0 Å². The molecule has 1 radical (unpaired) electrons. The summed E-state index contributed by atoms with van der Waals surface area (Å²) < 4.78 is 0. The maximum absolute atomic E-state index is 5.02. The Kier molecular flexibility index (Phi) is 5.12. The van der Waals surface area contributed by atoms with Crippen LogP contribution in [0.25, 0.3) is 55.7 Å². The van der Waals surface area contributed by atoms with Gasteiger partial charge in [0.1, 0.15) is 7.28 Å². The first kappa shape index (κ1) is 20.3. The lowest BCUT2D eigenvalue weighted by Gasteiger charge is -2.17. The summed E-state index contributed by atoms with van der Waals surface area (Å²) in [5.74, 6) is 2.02. The highest BCUT2D eigenvalue weighted by Gasteiger charge is 2.19. The van der Waals surface area contributed by atoms with Crippen molar-refractivity contribution in [2.24, 2.45) is 0 Å². The van der Waals surface area contributed by atoms with E-state index in [1.54, 1.807) is 0 Å². The van der Waals surface area contributed by atoms with Crippen LogP contribution in [0.3, 0.4) is 0 Å². The van der Waals surface area contributed by atoms with Gasteiger partial charge in [0, 0.05) is 16.7 Å². The zero-order valence-electron chi connectivity index (χ0n) is 18.8. The summed E-state index contributed by atoms with van der Waals surface area (Å²) in [4.78, 5) is 14.9. The Hall–Kier alpha value is -4.31. The van der Waals surface area contributed by atoms with Gasteiger partial charge in [0.15, 0.2) is 17.5 Å². The van der Waals surface area contributed by atoms with Crippen LogP contribution < -0.4 is 5.46 Å². The van der Waals surface area contributed by atoms with Gasteiger partial charge in [0.25, 0.3) is 0 Å². The third-order valence-corrected chi connectivity index (χ3v) is 6.18. The van der Waals surface area contributed by atoms with Gasteiger partial charge in [-0.3, -0.25) is 0 Å². The summed E-state index contributed by atoms with van der Waals surface area (Å²) in [5, 5.41) is 4.76. The van der Waals surface area contributed by atoms with E-state index in [1.807, 2.05) is 60.7 Å². The molecular formula is C30H21BN3. The number of fused-ring (bicyclic) bond motifs is 3. The Morgan fingerprint density at radius 1 is 0.441 bits per heavy atom. The second-order valence-corrected chi connectivity index (χ2v) is 8.21. The lowest BCUT2D eigenvalue weighted by Crippen LogP contribution is -2.18. The van der Waals surface area contributed by atoms with E-state index in [0.717, 1.165) is 27.5 Å². The molecule has 3 nitrogen and oxygen atoms in total. The zero-order valence-corrected chi connectivity index (χ0v) is 18.8. The molecule has 0 aliphatic rings. The third kappa shape index (κ3) is 3.44. The van der Waals surface area contributed by atoms with E-state index in [4.69, 9.17) is 15.0 Å². The number of hydrogen-bond acceptors (Lipinski definition) is 3. The number of benzene rings is 5. The molecule has 0 saturated carbocycles. The van der Waals surface area contributed by atoms with Crippen molar-refractivity contribution in [2.45, 2.75) is 6.82 Å². The minimum atomic E-state index is 0.670. The molecule has 1 heterocycles. The highest BCUT2D eigenvalue weighted by atomic mass is 15.0. The molecule has 0 spiro atoms. The molecule has 6 aromatic rings. The van der Waals surface area contributed by atoms with E-state index in [0.29, 0.717) is 17.5 Å². The minimum Gasteiger partial charge on any atom is -0.208 e. The molecule has 0 fully saturated rings. The summed E-state index contributed by atoms with van der Waals surface area (Å²) in [5.41, 5.74) is 4.11. The van der Waals surface area contributed by atoms with Gasteiger partial charge in [0.05, 0.1) is 0 Å². The number of hydrogen-bond donors (Lipinski definition) is 0. The van der Waals surface area contributed by atoms with E-state index in [9.17, 15) is 0 Å². The molecule has 0 aliphatic heterocycles. The SMILES string of the molecule is C[B]c1c(-c2nc(-c3ccccc3)nc(-c3ccccc3)n2)c2ccccc2c2ccccc12. The molecule has 0 unspecified atom stereocenters. The molecule has 0 saturated heterocycles. The van der Waals surface area contributed by atoms with Gasteiger partial charge < -0.3 is 0 Å². The average molecular weight is 434 g/mol. The minimum absolute atomic E-state index is 0.670. The Labute approximate surface area is 199 Å². The number of rotatable bonds is 4. The quantitative estimate of drug-likeness (QED) is 0.233. The fourth-order valence-electron chi connectivity index (χ4n) is 4.63. The zero-order chi connectivity index (χ0) is 22.9. The lowest BCUT2D eigenvalue weighted by molar-refractivity contribution is 1.08. The van der Waals surface area contributed by atoms with Crippen LogP contribution in [0.5, 0.6) is 0 Å². The molecule has 5 aromatic carbocycles. The largest absolute Gasteiger partial charge is 0.208 e. The molecule has 0 N–H and O–H groups in total. The fraction of sp³-hybridized carbons (Fsp3) is 0.0333. The van der Waals surface area contributed by atoms with Crippen molar-refractivity contribution in [3.8, 4) is 34.2 Å². The molecule has 159 valence electrons. The number of aromatic nitrogens is 3. The van der Waals surface area contributed by atoms with Crippen molar-refractivity contribution >= 4 is 34.3 Å². The van der Waals surface area contributed by atoms with E-state index in [2.05, 4.69) is 62.6 Å². The van der Waals surface area contributed by atoms with Gasteiger partial charge in [-0.15, -0.1) is 0 Å². The first-order valence-electron chi connectivity index (χ1n) is 11.4. The molecule has 6 rings (SSSR count). The Morgan fingerprint density at radius 2 is 0.853 bits per heavy atom. The van der Waals surface area contributed by atoms with E-state index in [1.165, 1.54) is 16.2 Å². The van der Waals surface area contributed by atoms with Gasteiger partial charge in [-0.1, -0.05) is 121 Å². The van der Waals surface area contributed by atoms with Crippen LogP contribution in [0.2, 0.25) is 6.82 Å². The van der Waals surface area contributed by atoms with Crippen molar-refractivity contribution in [1.82, 2.24) is 15.0 Å². The monoisotopic (exact) mass is 434 g/mol. The molecule has 0 amide bonds. The van der Waals surface area contributed by atoms with Crippen molar-refractivity contribution < 1.29 is 0 Å². The topological polar surface area (TPSA) is 38.7 Å². The van der Waals surface area contributed by atoms with Crippen LogP contribution in [0.1, 0.15) is 0 Å². The predicted molar refractivity (Wildman–Crippen MR) is 142 cm³/mol. The van der Waals surface area contributed by atoms with E-state index >= 15 is 0 Å². The molecule has 34 heavy (non-hydrogen) atoms. The van der Waals surface area contributed by atoms with Gasteiger partial charge in [-0.05, 0) is 21.5 Å². The van der Waals surface area contributed by atoms with Crippen LogP contribution in [0.4, 0.5) is 0 Å². The van der Waals surface area contributed by atoms with Crippen molar-refractivity contribution in [3.05, 3.63) is 109 Å². The van der Waals surface area contributed by atoms with E-state index < -0.39 is 0 Å². The first-order chi connectivity index (χ1) is 16.8. The number of nitrogens with zero attached hydrogens (tertiary/aromatic N) is 3. The van der Waals surface area contributed by atoms with Crippen LogP contribution in [0.15, 0.2) is 109 Å². The third-order valence-electron chi connectivity index (χ3n) is 6.18. The Bertz CT molecular complexity index is 1570. The summed E-state index contributed by atoms with van der Waals surface area (Å²) in [6.45, 7) is 2.08. The molecule has 0 bridgehead atoms. The molecular weight excluding hydrogens is 413 g/mol. The van der Waals surface area contributed by atoms with Crippen LogP contribution in [-0.2, 0) is 0 Å². The van der Waals surface area contributed by atoms with Gasteiger partial charge in [-0.25, -0.2) is 15.0 Å². The smallest absolute Gasteiger partial charge is 0.164 e. The van der Waals surface area contributed by atoms with Crippen molar-refractivity contribution in [2.75, 3.05) is 0 Å².